The van der Waals surface area contributed by atoms with Crippen molar-refractivity contribution >= 4 is 5.91 Å². The maximum Gasteiger partial charge on any atom is 0.255 e. The predicted molar refractivity (Wildman–Crippen MR) is 87.9 cm³/mol. The van der Waals surface area contributed by atoms with Crippen molar-refractivity contribution in [2.75, 3.05) is 6.54 Å². The molecule has 0 spiro atoms. The molecule has 3 heteroatoms. The van der Waals surface area contributed by atoms with Crippen molar-refractivity contribution in [1.82, 2.24) is 4.90 Å². The van der Waals surface area contributed by atoms with Gasteiger partial charge in [-0.05, 0) is 17.4 Å². The molecular weight excluding hydrogens is 274 g/mol. The second kappa shape index (κ2) is 6.81. The van der Waals surface area contributed by atoms with E-state index in [2.05, 4.69) is 26.3 Å². The van der Waals surface area contributed by atoms with Crippen LogP contribution in [-0.2, 0) is 16.1 Å². The third kappa shape index (κ3) is 3.23. The van der Waals surface area contributed by atoms with Gasteiger partial charge in [-0.1, -0.05) is 56.2 Å². The molecule has 1 aromatic carbocycles. The number of rotatable bonds is 7. The molecule has 1 saturated heterocycles. The van der Waals surface area contributed by atoms with Crippen LogP contribution < -0.4 is 0 Å². The van der Waals surface area contributed by atoms with Gasteiger partial charge < -0.3 is 9.64 Å². The molecule has 3 nitrogen and oxygen atoms in total. The van der Waals surface area contributed by atoms with Crippen LogP contribution in [0, 0.1) is 17.8 Å². The number of amides is 1. The molecule has 0 N–H and O–H groups in total. The van der Waals surface area contributed by atoms with E-state index in [-0.39, 0.29) is 17.4 Å². The summed E-state index contributed by atoms with van der Waals surface area (Å²) in [5, 5.41) is 0. The minimum Gasteiger partial charge on any atom is -0.361 e. The molecule has 1 fully saturated rings. The van der Waals surface area contributed by atoms with Crippen LogP contribution in [0.3, 0.4) is 0 Å². The normalized spacial score (nSPS) is 21.1. The van der Waals surface area contributed by atoms with E-state index in [4.69, 9.17) is 11.2 Å². The number of allylic oxidation sites excluding steroid dienone is 1. The van der Waals surface area contributed by atoms with E-state index in [1.54, 1.807) is 4.90 Å². The lowest BCUT2D eigenvalue weighted by atomic mass is 9.73. The Bertz CT molecular complexity index is 571. The van der Waals surface area contributed by atoms with Crippen molar-refractivity contribution in [3.63, 3.8) is 0 Å². The average molecular weight is 297 g/mol. The topological polar surface area (TPSA) is 29.5 Å². The smallest absolute Gasteiger partial charge is 0.255 e. The largest absolute Gasteiger partial charge is 0.361 e. The van der Waals surface area contributed by atoms with Crippen LogP contribution in [-0.4, -0.2) is 29.5 Å². The van der Waals surface area contributed by atoms with Gasteiger partial charge in [-0.3, -0.25) is 4.79 Å². The van der Waals surface area contributed by atoms with Crippen molar-refractivity contribution in [2.45, 2.75) is 39.0 Å². The zero-order chi connectivity index (χ0) is 16.2. The molecule has 0 unspecified atom stereocenters. The molecule has 2 rings (SSSR count). The second-order valence-electron chi connectivity index (χ2n) is 6.31. The van der Waals surface area contributed by atoms with Crippen LogP contribution in [0.1, 0.15) is 25.8 Å². The fourth-order valence-corrected chi connectivity index (χ4v) is 3.04. The summed E-state index contributed by atoms with van der Waals surface area (Å²) in [7, 11) is 0. The zero-order valence-electron chi connectivity index (χ0n) is 13.3. The van der Waals surface area contributed by atoms with E-state index in [0.717, 1.165) is 12.0 Å². The summed E-state index contributed by atoms with van der Waals surface area (Å²) in [6.07, 6.45) is 7.64. The molecule has 0 aliphatic carbocycles. The van der Waals surface area contributed by atoms with Crippen LogP contribution in [0.4, 0.5) is 0 Å². The first-order valence-electron chi connectivity index (χ1n) is 7.51. The molecule has 0 radical (unpaired) electrons. The van der Waals surface area contributed by atoms with Crippen LogP contribution in [0.2, 0.25) is 0 Å². The number of terminal acetylenes is 1. The molecule has 22 heavy (non-hydrogen) atoms. The van der Waals surface area contributed by atoms with E-state index >= 15 is 0 Å². The van der Waals surface area contributed by atoms with E-state index < -0.39 is 6.10 Å². The minimum absolute atomic E-state index is 0.0160. The highest BCUT2D eigenvalue weighted by atomic mass is 16.5. The maximum absolute atomic E-state index is 12.3. The highest BCUT2D eigenvalue weighted by Crippen LogP contribution is 2.39. The second-order valence-corrected chi connectivity index (χ2v) is 6.31. The number of hydrogen-bond donors (Lipinski definition) is 0. The predicted octanol–water partition coefficient (Wildman–Crippen LogP) is 3.02. The summed E-state index contributed by atoms with van der Waals surface area (Å²) in [5.41, 5.74) is 0.944. The van der Waals surface area contributed by atoms with Gasteiger partial charge in [0.25, 0.3) is 5.91 Å². The number of hydrogen-bond acceptors (Lipinski definition) is 2. The highest BCUT2D eigenvalue weighted by molar-refractivity contribution is 5.89. The molecule has 1 aliphatic heterocycles. The monoisotopic (exact) mass is 297 g/mol. The molecule has 1 heterocycles. The Morgan fingerprint density at radius 2 is 2.09 bits per heavy atom. The fraction of sp³-hybridized carbons (Fsp3) is 0.421. The van der Waals surface area contributed by atoms with Crippen molar-refractivity contribution in [3.05, 3.63) is 48.6 Å². The Kier molecular flexibility index (Phi) is 5.05. The van der Waals surface area contributed by atoms with Gasteiger partial charge in [0.1, 0.15) is 0 Å². The van der Waals surface area contributed by atoms with E-state index in [0.29, 0.717) is 13.2 Å². The SMILES string of the molecule is C#CCN1C(=O)[C@@H](OCc2ccccc2)[C@H]1C(C)(C)CC=C. The molecular formula is C19H23NO2. The molecule has 116 valence electrons. The van der Waals surface area contributed by atoms with Crippen LogP contribution in [0.5, 0.6) is 0 Å². The molecule has 1 aromatic rings. The third-order valence-electron chi connectivity index (χ3n) is 4.15. The van der Waals surface area contributed by atoms with E-state index in [9.17, 15) is 4.79 Å². The van der Waals surface area contributed by atoms with Gasteiger partial charge in [-0.2, -0.15) is 0 Å². The quantitative estimate of drug-likeness (QED) is 0.440. The number of likely N-dealkylation sites (tertiary alicyclic amines) is 1. The summed E-state index contributed by atoms with van der Waals surface area (Å²) < 4.78 is 5.90. The van der Waals surface area contributed by atoms with Crippen LogP contribution in [0.15, 0.2) is 43.0 Å². The van der Waals surface area contributed by atoms with Gasteiger partial charge >= 0.3 is 0 Å². The summed E-state index contributed by atoms with van der Waals surface area (Å²) in [5.74, 6) is 2.54. The first-order valence-corrected chi connectivity index (χ1v) is 7.51. The minimum atomic E-state index is -0.427. The molecule has 0 bridgehead atoms. The first-order chi connectivity index (χ1) is 10.5. The van der Waals surface area contributed by atoms with Crippen molar-refractivity contribution in [3.8, 4) is 12.3 Å². The summed E-state index contributed by atoms with van der Waals surface area (Å²) >= 11 is 0. The lowest BCUT2D eigenvalue weighted by Gasteiger charge is -2.53. The van der Waals surface area contributed by atoms with Gasteiger partial charge in [0, 0.05) is 0 Å². The van der Waals surface area contributed by atoms with E-state index in [1.807, 2.05) is 36.4 Å². The summed E-state index contributed by atoms with van der Waals surface area (Å²) in [6.45, 7) is 8.81. The van der Waals surface area contributed by atoms with Gasteiger partial charge in [-0.25, -0.2) is 0 Å². The van der Waals surface area contributed by atoms with E-state index in [1.165, 1.54) is 0 Å². The van der Waals surface area contributed by atoms with Crippen molar-refractivity contribution in [2.24, 2.45) is 5.41 Å². The molecule has 2 atom stereocenters. The number of ether oxygens (including phenoxy) is 1. The summed E-state index contributed by atoms with van der Waals surface area (Å²) in [6, 6.07) is 9.86. The first kappa shape index (κ1) is 16.3. The number of carbonyl (C=O) groups excluding carboxylic acids is 1. The Morgan fingerprint density at radius 1 is 1.41 bits per heavy atom. The van der Waals surface area contributed by atoms with Crippen LogP contribution >= 0.6 is 0 Å². The Balaban J connectivity index is 2.09. The van der Waals surface area contributed by atoms with Gasteiger partial charge in [-0.15, -0.1) is 13.0 Å². The number of carbonyl (C=O) groups is 1. The lowest BCUT2D eigenvalue weighted by Crippen LogP contribution is -2.70. The molecule has 0 aromatic heterocycles. The maximum atomic E-state index is 12.3. The standard InChI is InChI=1S/C19H23NO2/c1-5-12-19(3,4)17-16(18(21)20(17)13-6-2)22-14-15-10-8-7-9-11-15/h2,5,7-11,16-17H,1,12-14H2,3-4H3/t16-,17-/m0/s1. The molecule has 0 saturated carbocycles. The van der Waals surface area contributed by atoms with Crippen molar-refractivity contribution < 1.29 is 9.53 Å². The van der Waals surface area contributed by atoms with Crippen LogP contribution in [0.25, 0.3) is 0 Å². The Morgan fingerprint density at radius 3 is 2.68 bits per heavy atom. The molecule has 1 amide bonds. The van der Waals surface area contributed by atoms with Gasteiger partial charge in [0.15, 0.2) is 6.10 Å². The summed E-state index contributed by atoms with van der Waals surface area (Å²) in [4.78, 5) is 14.0. The number of nitrogens with zero attached hydrogens (tertiary/aromatic N) is 1. The average Bonchev–Trinajstić information content (AvgIpc) is 2.49. The number of benzene rings is 1. The molecule has 1 aliphatic rings. The highest BCUT2D eigenvalue weighted by Gasteiger charge is 2.54. The Labute approximate surface area is 133 Å². The third-order valence-corrected chi connectivity index (χ3v) is 4.15. The van der Waals surface area contributed by atoms with Gasteiger partial charge in [0.05, 0.1) is 19.2 Å². The number of β-lactam (4-membered cyclic amide) rings is 1. The zero-order valence-corrected chi connectivity index (χ0v) is 13.3. The lowest BCUT2D eigenvalue weighted by molar-refractivity contribution is -0.185. The van der Waals surface area contributed by atoms with Crippen molar-refractivity contribution in [1.29, 1.82) is 0 Å². The van der Waals surface area contributed by atoms with Gasteiger partial charge in [0.2, 0.25) is 0 Å². The fourth-order valence-electron chi connectivity index (χ4n) is 3.04. The Hall–Kier alpha value is -2.05.